The molecule has 1 aromatic carbocycles. The lowest BCUT2D eigenvalue weighted by atomic mass is 10.0. The molecule has 1 fully saturated rings. The normalized spacial score (nSPS) is 17.1. The van der Waals surface area contributed by atoms with Crippen molar-refractivity contribution >= 4 is 0 Å². The summed E-state index contributed by atoms with van der Waals surface area (Å²) in [4.78, 5) is 1.68. The maximum atomic E-state index is 5.87. The molecule has 0 bridgehead atoms. The zero-order valence-electron chi connectivity index (χ0n) is 11.6. The van der Waals surface area contributed by atoms with Crippen LogP contribution in [-0.2, 0) is 0 Å². The van der Waals surface area contributed by atoms with Crippen LogP contribution >= 0.6 is 0 Å². The molecule has 0 atom stereocenters. The second kappa shape index (κ2) is 6.76. The Morgan fingerprint density at radius 3 is 2.78 bits per heavy atom. The van der Waals surface area contributed by atoms with Gasteiger partial charge in [-0.2, -0.15) is 0 Å². The molecule has 1 aromatic rings. The Hall–Kier alpha value is -1.06. The third-order valence-electron chi connectivity index (χ3n) is 3.65. The Labute approximate surface area is 110 Å². The van der Waals surface area contributed by atoms with Gasteiger partial charge in [0.25, 0.3) is 0 Å². The van der Waals surface area contributed by atoms with E-state index in [1.54, 1.807) is 4.90 Å². The number of rotatable bonds is 5. The van der Waals surface area contributed by atoms with E-state index in [-0.39, 0.29) is 0 Å². The molecular weight excluding hydrogens is 224 g/mol. The maximum absolute atomic E-state index is 5.87. The van der Waals surface area contributed by atoms with Crippen LogP contribution in [0, 0.1) is 0 Å². The molecule has 0 amide bonds. The zero-order valence-corrected chi connectivity index (χ0v) is 11.6. The molecule has 2 rings (SSSR count). The van der Waals surface area contributed by atoms with Crippen molar-refractivity contribution in [1.82, 2.24) is 0 Å². The monoisotopic (exact) mass is 250 g/mol. The number of piperazine rings is 1. The molecule has 1 aliphatic rings. The van der Waals surface area contributed by atoms with E-state index in [2.05, 4.69) is 43.4 Å². The van der Waals surface area contributed by atoms with Gasteiger partial charge in [-0.1, -0.05) is 26.0 Å². The van der Waals surface area contributed by atoms with Gasteiger partial charge in [-0.15, -0.1) is 0 Å². The summed E-state index contributed by atoms with van der Waals surface area (Å²) in [6.45, 7) is 11.5. The van der Waals surface area contributed by atoms with Crippen molar-refractivity contribution in [3.8, 4) is 5.75 Å². The molecule has 1 heterocycles. The van der Waals surface area contributed by atoms with Crippen molar-refractivity contribution < 1.29 is 15.0 Å². The van der Waals surface area contributed by atoms with Gasteiger partial charge in [-0.25, -0.2) is 0 Å². The van der Waals surface area contributed by atoms with Crippen LogP contribution < -0.4 is 15.0 Å². The van der Waals surface area contributed by atoms with E-state index < -0.39 is 0 Å². The van der Waals surface area contributed by atoms with Gasteiger partial charge in [0.1, 0.15) is 45.1 Å². The molecule has 0 spiro atoms. The first-order chi connectivity index (χ1) is 8.75. The molecule has 1 saturated heterocycles. The van der Waals surface area contributed by atoms with Crippen LogP contribution in [-0.4, -0.2) is 39.3 Å². The minimum absolute atomic E-state index is 0.566. The first-order valence-electron chi connectivity index (χ1n) is 7.13. The number of benzene rings is 1. The second-order valence-electron chi connectivity index (χ2n) is 5.44. The summed E-state index contributed by atoms with van der Waals surface area (Å²) >= 11 is 0. The van der Waals surface area contributed by atoms with Crippen LogP contribution in [0.4, 0.5) is 0 Å². The molecule has 0 unspecified atom stereocenters. The van der Waals surface area contributed by atoms with Gasteiger partial charge < -0.3 is 15.0 Å². The summed E-state index contributed by atoms with van der Waals surface area (Å²) in [6, 6.07) is 8.49. The summed E-state index contributed by atoms with van der Waals surface area (Å²) in [5.41, 5.74) is 1.35. The summed E-state index contributed by atoms with van der Waals surface area (Å²) in [5.74, 6) is 1.58. The Morgan fingerprint density at radius 1 is 1.28 bits per heavy atom. The molecule has 18 heavy (non-hydrogen) atoms. The molecule has 3 heteroatoms. The highest BCUT2D eigenvalue weighted by molar-refractivity contribution is 5.30. The standard InChI is InChI=1S/C15H24N2O/c1-13(2)14-4-3-5-15(12-14)18-11-10-17-8-6-16-7-9-17/h3-5,12-13,16H,6-11H2,1-2H3/p+2. The third-order valence-corrected chi connectivity index (χ3v) is 3.65. The number of nitrogens with one attached hydrogen (secondary N) is 1. The van der Waals surface area contributed by atoms with Gasteiger partial charge in [0, 0.05) is 0 Å². The number of ether oxygens (including phenoxy) is 1. The Kier molecular flexibility index (Phi) is 5.02. The fourth-order valence-electron chi connectivity index (χ4n) is 2.41. The number of hydrogen-bond acceptors (Lipinski definition) is 1. The quantitative estimate of drug-likeness (QED) is 0.735. The van der Waals surface area contributed by atoms with Gasteiger partial charge in [0.15, 0.2) is 0 Å². The molecule has 0 aromatic heterocycles. The SMILES string of the molecule is CC(C)c1cccc(OCC[NH+]2CC[NH2+]CC2)c1. The minimum Gasteiger partial charge on any atom is -0.488 e. The average molecular weight is 250 g/mol. The van der Waals surface area contributed by atoms with Crippen molar-refractivity contribution in [3.05, 3.63) is 29.8 Å². The molecule has 0 aliphatic carbocycles. The highest BCUT2D eigenvalue weighted by Gasteiger charge is 2.14. The van der Waals surface area contributed by atoms with E-state index >= 15 is 0 Å². The van der Waals surface area contributed by atoms with E-state index in [0.717, 1.165) is 18.9 Å². The molecular formula is C15H26N2O+2. The Bertz CT molecular complexity index is 359. The van der Waals surface area contributed by atoms with Crippen LogP contribution in [0.15, 0.2) is 24.3 Å². The molecule has 0 radical (unpaired) electrons. The van der Waals surface area contributed by atoms with Crippen LogP contribution in [0.1, 0.15) is 25.3 Å². The number of nitrogens with two attached hydrogens (primary N) is 1. The third kappa shape index (κ3) is 4.00. The predicted octanol–water partition coefficient (Wildman–Crippen LogP) is -0.349. The van der Waals surface area contributed by atoms with Crippen molar-refractivity contribution in [2.45, 2.75) is 19.8 Å². The van der Waals surface area contributed by atoms with Gasteiger partial charge in [-0.3, -0.25) is 0 Å². The van der Waals surface area contributed by atoms with Crippen molar-refractivity contribution in [3.63, 3.8) is 0 Å². The van der Waals surface area contributed by atoms with Crippen molar-refractivity contribution in [1.29, 1.82) is 0 Å². The smallest absolute Gasteiger partial charge is 0.137 e. The van der Waals surface area contributed by atoms with Crippen LogP contribution in [0.5, 0.6) is 5.75 Å². The van der Waals surface area contributed by atoms with Gasteiger partial charge in [0.2, 0.25) is 0 Å². The lowest BCUT2D eigenvalue weighted by Crippen LogP contribution is -3.20. The molecule has 3 nitrogen and oxygen atoms in total. The fourth-order valence-corrected chi connectivity index (χ4v) is 2.41. The van der Waals surface area contributed by atoms with Gasteiger partial charge in [-0.05, 0) is 23.6 Å². The van der Waals surface area contributed by atoms with E-state index in [1.807, 2.05) is 0 Å². The lowest BCUT2D eigenvalue weighted by molar-refractivity contribution is -0.946. The highest BCUT2D eigenvalue weighted by Crippen LogP contribution is 2.19. The Balaban J connectivity index is 1.77. The van der Waals surface area contributed by atoms with E-state index in [1.165, 1.54) is 31.7 Å². The average Bonchev–Trinajstić information content (AvgIpc) is 2.40. The van der Waals surface area contributed by atoms with Gasteiger partial charge in [0.05, 0.1) is 0 Å². The van der Waals surface area contributed by atoms with Crippen LogP contribution in [0.25, 0.3) is 0 Å². The van der Waals surface area contributed by atoms with E-state index in [0.29, 0.717) is 5.92 Å². The van der Waals surface area contributed by atoms with Crippen LogP contribution in [0.3, 0.4) is 0 Å². The summed E-state index contributed by atoms with van der Waals surface area (Å²) in [5, 5.41) is 2.40. The highest BCUT2D eigenvalue weighted by atomic mass is 16.5. The maximum Gasteiger partial charge on any atom is 0.137 e. The van der Waals surface area contributed by atoms with Crippen molar-refractivity contribution in [2.75, 3.05) is 39.3 Å². The first kappa shape index (κ1) is 13.4. The number of hydrogen-bond donors (Lipinski definition) is 2. The zero-order chi connectivity index (χ0) is 12.8. The van der Waals surface area contributed by atoms with Crippen LogP contribution in [0.2, 0.25) is 0 Å². The fraction of sp³-hybridized carbons (Fsp3) is 0.600. The second-order valence-corrected chi connectivity index (χ2v) is 5.44. The Morgan fingerprint density at radius 2 is 2.06 bits per heavy atom. The summed E-state index contributed by atoms with van der Waals surface area (Å²) in [6.07, 6.45) is 0. The minimum atomic E-state index is 0.566. The molecule has 3 N–H and O–H groups in total. The largest absolute Gasteiger partial charge is 0.488 e. The molecule has 100 valence electrons. The van der Waals surface area contributed by atoms with Gasteiger partial charge >= 0.3 is 0 Å². The summed E-state index contributed by atoms with van der Waals surface area (Å²) < 4.78 is 5.87. The van der Waals surface area contributed by atoms with E-state index in [4.69, 9.17) is 4.74 Å². The first-order valence-corrected chi connectivity index (χ1v) is 7.13. The van der Waals surface area contributed by atoms with Crippen molar-refractivity contribution in [2.24, 2.45) is 0 Å². The predicted molar refractivity (Wildman–Crippen MR) is 73.2 cm³/mol. The molecule has 1 aliphatic heterocycles. The number of quaternary nitrogens is 2. The summed E-state index contributed by atoms with van der Waals surface area (Å²) in [7, 11) is 0. The lowest BCUT2D eigenvalue weighted by Gasteiger charge is -2.22. The topological polar surface area (TPSA) is 30.3 Å². The van der Waals surface area contributed by atoms with E-state index in [9.17, 15) is 0 Å². The molecule has 0 saturated carbocycles.